The molecule has 9 fully saturated rings. The molecule has 54 nitrogen and oxygen atoms in total. The number of hydrogen-bond acceptors (Lipinski definition) is 45. The van der Waals surface area contributed by atoms with Crippen molar-refractivity contribution in [3.63, 3.8) is 0 Å². The summed E-state index contributed by atoms with van der Waals surface area (Å²) < 4.78 is 188. The predicted molar refractivity (Wildman–Crippen MR) is 470 cm³/mol. The van der Waals surface area contributed by atoms with Gasteiger partial charge in [0.15, 0.2) is 112 Å². The summed E-state index contributed by atoms with van der Waals surface area (Å²) in [6.07, 6.45) is -18.9. The Morgan fingerprint density at radius 3 is 0.992 bits per heavy atom. The molecule has 9 saturated heterocycles. The van der Waals surface area contributed by atoms with Crippen LogP contribution in [0.25, 0.3) is 67.0 Å². The van der Waals surface area contributed by atoms with Crippen LogP contribution < -0.4 is 51.1 Å². The van der Waals surface area contributed by atoms with E-state index >= 15 is 17.6 Å². The molecule has 0 radical (unpaired) electrons. The van der Waals surface area contributed by atoms with Gasteiger partial charge >= 0.3 is 40.4 Å². The highest BCUT2D eigenvalue weighted by atomic mass is 32.7. The number of rotatable bonds is 6. The van der Waals surface area contributed by atoms with Gasteiger partial charge in [0.2, 0.25) is 17.8 Å². The number of aromatic amines is 3. The molecule has 12 aromatic heterocycles. The van der Waals surface area contributed by atoms with Crippen LogP contribution in [0.3, 0.4) is 0 Å². The summed E-state index contributed by atoms with van der Waals surface area (Å²) >= 11 is 30.1. The van der Waals surface area contributed by atoms with Gasteiger partial charge in [-0.05, 0) is 77.2 Å². The van der Waals surface area contributed by atoms with E-state index in [1.807, 2.05) is 0 Å². The second kappa shape index (κ2) is 36.3. The fourth-order valence-corrected chi connectivity index (χ4v) is 24.7. The largest absolute Gasteiger partial charge is 0.397 e. The Morgan fingerprint density at radius 1 is 0.346 bits per heavy atom. The first kappa shape index (κ1) is 94.3. The Hall–Kier alpha value is -7.66. The van der Waals surface area contributed by atoms with Crippen LogP contribution in [0.5, 0.6) is 0 Å². The van der Waals surface area contributed by atoms with Gasteiger partial charge < -0.3 is 119 Å². The first-order valence-electron chi connectivity index (χ1n) is 38.9. The molecule has 21 rings (SSSR count). The number of H-pyrrole nitrogens is 3. The molecular formula is C63H71F4N27O27P6S6. The van der Waals surface area contributed by atoms with Gasteiger partial charge in [0.25, 0.3) is 16.7 Å². The molecule has 133 heavy (non-hydrogen) atoms. The second-order valence-electron chi connectivity index (χ2n) is 30.5. The molecule has 21 heterocycles. The van der Waals surface area contributed by atoms with Crippen molar-refractivity contribution in [1.82, 2.24) is 102 Å². The number of ether oxygens (including phenoxy) is 6. The molecule has 0 amide bonds. The lowest BCUT2D eigenvalue weighted by atomic mass is 10.1. The number of nitrogens with two attached hydrogens (primary N) is 6. The molecule has 0 saturated carbocycles. The SMILES string of the molecule is Nc1nc2c(ncn2[C@@H]2O[C@@H]3COP(=O)(S)OC4C(F)[C@H](n5cnc6c(N)ccnc65)O[C@@H]4COP(O)(=S)OC2C3)c(=O)[nH]1.Nc1nc2c(ncn2[C@@H]2O[C@@H]3COP(O)(=S)OC4C(F)[C@H](n5cnc6c(N)ccnc65)O[C@@H]4COP(O)(=S)OC2C3)c(=O)[nH]1.Nc1nc2c(ncn2[C@@H]2O[C@@H]3COP(O)(=S)O[C@@H]4C(COP(O)(=S)O[C@@H]2[C@@H]3F)O[C@@H](n2cnc3c(N)ccnc32)[C@H]4F)c(=O)[nH]1. The Morgan fingerprint density at radius 2 is 0.632 bits per heavy atom. The van der Waals surface area contributed by atoms with Crippen molar-refractivity contribution < 1.29 is 129 Å². The van der Waals surface area contributed by atoms with E-state index in [0.29, 0.717) is 33.6 Å². The molecule has 20 N–H and O–H groups in total. The molecule has 28 atom stereocenters. The maximum absolute atomic E-state index is 16.0. The number of alkyl halides is 4. The Labute approximate surface area is 768 Å². The molecular weight excluding hydrogens is 2020 g/mol. The number of aromatic nitrogens is 21. The quantitative estimate of drug-likeness (QED) is 0.0645. The van der Waals surface area contributed by atoms with Crippen molar-refractivity contribution in [3.05, 3.63) is 106 Å². The minimum Gasteiger partial charge on any atom is -0.397 e. The number of anilines is 6. The summed E-state index contributed by atoms with van der Waals surface area (Å²) in [5.41, 5.74) is 35.7. The molecule has 13 unspecified atom stereocenters. The van der Waals surface area contributed by atoms with E-state index in [1.165, 1.54) is 79.1 Å². The van der Waals surface area contributed by atoms with Gasteiger partial charge in [0.1, 0.15) is 77.6 Å². The zero-order valence-corrected chi connectivity index (χ0v) is 77.0. The number of hydrogen-bond donors (Lipinski definition) is 15. The number of nitrogens with zero attached hydrogens (tertiary/aromatic N) is 18. The van der Waals surface area contributed by atoms with Gasteiger partial charge in [-0.25, -0.2) is 67.0 Å². The number of fused-ring (bicyclic) bond motifs is 15. The maximum Gasteiger partial charge on any atom is 0.386 e. The number of imidazole rings is 6. The Balaban J connectivity index is 0.000000129. The molecule has 714 valence electrons. The maximum atomic E-state index is 16.0. The van der Waals surface area contributed by atoms with Crippen molar-refractivity contribution in [2.45, 2.75) is 148 Å². The van der Waals surface area contributed by atoms with Crippen LogP contribution in [-0.2, 0) is 146 Å². The van der Waals surface area contributed by atoms with Gasteiger partial charge in [-0.3, -0.25) is 79.4 Å². The summed E-state index contributed by atoms with van der Waals surface area (Å²) in [4.78, 5) is 149. The van der Waals surface area contributed by atoms with E-state index in [-0.39, 0.29) is 94.3 Å². The summed E-state index contributed by atoms with van der Waals surface area (Å²) in [7, 11) is 0. The Kier molecular flexibility index (Phi) is 25.7. The number of nitrogens with one attached hydrogen (secondary N) is 3. The fourth-order valence-electron chi connectivity index (χ4n) is 16.0. The third-order valence-corrected chi connectivity index (χ3v) is 31.3. The van der Waals surface area contributed by atoms with E-state index in [1.54, 1.807) is 12.1 Å². The highest BCUT2D eigenvalue weighted by Gasteiger charge is 2.58. The molecule has 9 aliphatic heterocycles. The molecule has 9 aliphatic rings. The normalized spacial score (nSPS) is 36.9. The minimum absolute atomic E-state index is 0.0158. The standard InChI is InChI=1S/C21H23F2N9O9P2S2.2C21H24FN9O9P2S2/c22-10-8-3-36-42(34,44)40-14-9(39-19(11(14)23)31-5-27-12-7(24)1-2-26-16(12)31)4-37-43(35,45)41-15(10)20(38-8)32-6-28-13-17(32)29-21(25)30-18(13)33;2*22-12-15-11(38-20(12)30-6-26-13-9(23)1-2-25-16(13)30)5-36-41(33,43)39-10-3-8(4-35-42(34,44)40-15)37-19(10)31-7-27-14-17(31)28-21(24)29-18(14)32/h1-2,5-6,8-11,14-15,19-20H,3-4H2,(H2,24,26)(H,34,44)(H,35,45)(H3,25,29,30,33);2*1-2,6-8,10-12,15,19-20H,3-5H2,(H2,23,25)(H,33,43)(H,34,44)(H3,24,28,29,32)/t8-,9?,10-,11+,14-,15-,19-,20-,42?,43?;2*8-,10?,11+,12?,15?,19+,20+,41?,42?/m100/s1. The lowest BCUT2D eigenvalue weighted by molar-refractivity contribution is -0.0599. The smallest absolute Gasteiger partial charge is 0.386 e. The monoisotopic (exact) mass is 2090 g/mol. The van der Waals surface area contributed by atoms with Crippen molar-refractivity contribution >= 4 is 214 Å². The van der Waals surface area contributed by atoms with Crippen LogP contribution in [0.4, 0.5) is 52.5 Å². The predicted octanol–water partition coefficient (Wildman–Crippen LogP) is 2.28. The lowest BCUT2D eigenvalue weighted by Gasteiger charge is -2.27. The lowest BCUT2D eigenvalue weighted by Crippen LogP contribution is -2.34. The van der Waals surface area contributed by atoms with Crippen LogP contribution >= 0.6 is 52.6 Å². The molecule has 70 heteroatoms. The third kappa shape index (κ3) is 18.8. The highest BCUT2D eigenvalue weighted by Crippen LogP contribution is 2.61. The van der Waals surface area contributed by atoms with Crippen molar-refractivity contribution in [2.75, 3.05) is 74.0 Å². The fraction of sp³-hybridized carbons (Fsp3) is 0.476. The average Bonchev–Trinajstić information content (AvgIpc) is 1.66. The first-order chi connectivity index (χ1) is 63.1. The molecule has 0 spiro atoms. The number of nitrogen functional groups attached to an aromatic ring is 6. The minimum atomic E-state index is -4.34. The Bertz CT molecular complexity index is 6790. The highest BCUT2D eigenvalue weighted by molar-refractivity contribution is 8.44. The third-order valence-electron chi connectivity index (χ3n) is 21.8. The molecule has 0 aliphatic carbocycles. The van der Waals surface area contributed by atoms with Gasteiger partial charge in [-0.15, -0.1) is 0 Å². The van der Waals surface area contributed by atoms with Crippen LogP contribution in [0.2, 0.25) is 0 Å². The summed E-state index contributed by atoms with van der Waals surface area (Å²) in [5, 5.41) is 0. The van der Waals surface area contributed by atoms with E-state index in [4.69, 9.17) is 176 Å². The van der Waals surface area contributed by atoms with Crippen molar-refractivity contribution in [1.29, 1.82) is 0 Å². The number of halogens is 4. The molecule has 0 aromatic carbocycles. The molecule has 6 bridgehead atoms. The van der Waals surface area contributed by atoms with Gasteiger partial charge in [0, 0.05) is 31.4 Å². The number of pyridine rings is 3. The summed E-state index contributed by atoms with van der Waals surface area (Å²) in [6, 6.07) is 4.61. The van der Waals surface area contributed by atoms with E-state index < -0.39 is 219 Å². The van der Waals surface area contributed by atoms with Crippen LogP contribution in [0.1, 0.15) is 50.2 Å². The van der Waals surface area contributed by atoms with Crippen LogP contribution in [0.15, 0.2) is 89.1 Å². The van der Waals surface area contributed by atoms with E-state index in [9.17, 15) is 43.4 Å². The average molecular weight is 2090 g/mol. The van der Waals surface area contributed by atoms with Crippen LogP contribution in [-0.4, -0.2) is 264 Å². The van der Waals surface area contributed by atoms with Crippen molar-refractivity contribution in [3.8, 4) is 0 Å². The summed E-state index contributed by atoms with van der Waals surface area (Å²) in [5.74, 6) is -0.575. The zero-order valence-electron chi connectivity index (χ0n) is 66.7. The topological polar surface area (TPSA) is 723 Å². The first-order valence-corrected chi connectivity index (χ1v) is 54.6. The summed E-state index contributed by atoms with van der Waals surface area (Å²) in [6.45, 7) is -28.2. The van der Waals surface area contributed by atoms with Gasteiger partial charge in [-0.2, -0.15) is 15.0 Å². The molecule has 12 aromatic rings. The second-order valence-corrected chi connectivity index (χ2v) is 47.3. The van der Waals surface area contributed by atoms with E-state index in [2.05, 4.69) is 87.0 Å². The van der Waals surface area contributed by atoms with Gasteiger partial charge in [0.05, 0.1) is 107 Å². The van der Waals surface area contributed by atoms with Gasteiger partial charge in [-0.1, -0.05) is 12.2 Å². The zero-order chi connectivity index (χ0) is 93.8. The van der Waals surface area contributed by atoms with Crippen molar-refractivity contribution in [2.24, 2.45) is 0 Å². The van der Waals surface area contributed by atoms with Crippen LogP contribution in [0, 0.1) is 0 Å². The van der Waals surface area contributed by atoms with E-state index in [0.717, 1.165) is 10.9 Å². The number of thiol groups is 1.